The molecule has 0 aromatic carbocycles. The average molecular weight is 518 g/mol. The van der Waals surface area contributed by atoms with Crippen molar-refractivity contribution in [1.29, 1.82) is 5.26 Å². The molecule has 2 N–H and O–H groups in total. The number of H-pyrrole nitrogens is 1. The summed E-state index contributed by atoms with van der Waals surface area (Å²) in [7, 11) is 1.86. The molecule has 0 saturated heterocycles. The van der Waals surface area contributed by atoms with E-state index < -0.39 is 6.10 Å². The Hall–Kier alpha value is -4.21. The number of nitriles is 1. The van der Waals surface area contributed by atoms with E-state index in [0.717, 1.165) is 40.0 Å². The number of rotatable bonds is 5. The van der Waals surface area contributed by atoms with Gasteiger partial charge in [-0.2, -0.15) is 15.5 Å². The first-order valence-corrected chi connectivity index (χ1v) is 12.6. The van der Waals surface area contributed by atoms with Crippen molar-refractivity contribution in [1.82, 2.24) is 39.6 Å². The van der Waals surface area contributed by atoms with Crippen molar-refractivity contribution in [2.24, 2.45) is 7.05 Å². The Labute approximate surface area is 220 Å². The molecule has 0 aliphatic carbocycles. The lowest BCUT2D eigenvalue weighted by molar-refractivity contribution is 0.131. The van der Waals surface area contributed by atoms with E-state index in [9.17, 15) is 5.11 Å². The van der Waals surface area contributed by atoms with Crippen molar-refractivity contribution < 1.29 is 14.6 Å². The SMILES string of the molecule is CCN1Cc2c(c(OCC#N)nn2C[C@H](C)O)/C=C/c2[nH]nc3ncc(cc23)-c2cnn(C)c2O[C@@H](C)C1. The van der Waals surface area contributed by atoms with E-state index in [-0.39, 0.29) is 19.3 Å². The van der Waals surface area contributed by atoms with E-state index in [1.807, 2.05) is 38.3 Å². The Morgan fingerprint density at radius 3 is 2.95 bits per heavy atom. The second-order valence-electron chi connectivity index (χ2n) is 9.45. The van der Waals surface area contributed by atoms with Gasteiger partial charge in [0.25, 0.3) is 0 Å². The van der Waals surface area contributed by atoms with Gasteiger partial charge in [-0.1, -0.05) is 6.92 Å². The lowest BCUT2D eigenvalue weighted by Gasteiger charge is -2.26. The van der Waals surface area contributed by atoms with Crippen LogP contribution in [0.2, 0.25) is 0 Å². The van der Waals surface area contributed by atoms with Crippen LogP contribution in [-0.4, -0.2) is 76.7 Å². The molecule has 5 heterocycles. The standard InChI is InChI=1S/C26H31N9O3/c1-5-34-14-17(3)38-26-21(12-29-33(26)4)18-10-20-22(30-31-24(20)28-11-18)7-6-19-23(15-34)35(13-16(2)36)32-25(19)37-9-8-27/h6-7,10-12,16-17,36H,5,9,13-15H2,1-4H3,(H,28,30,31)/b7-6+/t16-,17-/m0/s1. The number of likely N-dealkylation sites (N-methyl/N-ethyl adjacent to an activating group) is 1. The van der Waals surface area contributed by atoms with Gasteiger partial charge in [0.2, 0.25) is 11.8 Å². The fraction of sp³-hybridized carbons (Fsp3) is 0.423. The topological polar surface area (TPSA) is 143 Å². The number of aliphatic hydroxyl groups excluding tert-OH is 1. The molecule has 12 nitrogen and oxygen atoms in total. The highest BCUT2D eigenvalue weighted by Gasteiger charge is 2.24. The Morgan fingerprint density at radius 2 is 2.18 bits per heavy atom. The summed E-state index contributed by atoms with van der Waals surface area (Å²) in [6, 6.07) is 4.03. The predicted molar refractivity (Wildman–Crippen MR) is 141 cm³/mol. The minimum Gasteiger partial charge on any atom is -0.473 e. The van der Waals surface area contributed by atoms with Crippen molar-refractivity contribution >= 4 is 23.2 Å². The van der Waals surface area contributed by atoms with Crippen LogP contribution in [0.15, 0.2) is 18.5 Å². The Balaban J connectivity index is 1.69. The van der Waals surface area contributed by atoms with Crippen LogP contribution < -0.4 is 9.47 Å². The smallest absolute Gasteiger partial charge is 0.241 e. The van der Waals surface area contributed by atoms with E-state index >= 15 is 0 Å². The van der Waals surface area contributed by atoms with Gasteiger partial charge >= 0.3 is 0 Å². The van der Waals surface area contributed by atoms with Gasteiger partial charge in [-0.05, 0) is 38.6 Å². The molecule has 2 atom stereocenters. The van der Waals surface area contributed by atoms with E-state index in [2.05, 4.69) is 37.2 Å². The number of hydrogen-bond acceptors (Lipinski definition) is 9. The molecule has 5 rings (SSSR count). The molecule has 12 heteroatoms. The van der Waals surface area contributed by atoms with Crippen LogP contribution in [0.3, 0.4) is 0 Å². The van der Waals surface area contributed by atoms with Crippen molar-refractivity contribution in [2.75, 3.05) is 19.7 Å². The largest absolute Gasteiger partial charge is 0.473 e. The molecule has 0 saturated carbocycles. The van der Waals surface area contributed by atoms with E-state index in [0.29, 0.717) is 30.5 Å². The van der Waals surface area contributed by atoms with E-state index in [1.54, 1.807) is 28.7 Å². The normalized spacial score (nSPS) is 17.6. The van der Waals surface area contributed by atoms with Gasteiger partial charge in [0, 0.05) is 37.3 Å². The zero-order chi connectivity index (χ0) is 26.8. The third kappa shape index (κ3) is 4.98. The van der Waals surface area contributed by atoms with Crippen LogP contribution in [0, 0.1) is 11.3 Å². The highest BCUT2D eigenvalue weighted by atomic mass is 16.5. The summed E-state index contributed by atoms with van der Waals surface area (Å²) in [5.41, 5.74) is 4.67. The molecular weight excluding hydrogens is 486 g/mol. The number of nitrogens with one attached hydrogen (secondary N) is 1. The summed E-state index contributed by atoms with van der Waals surface area (Å²) in [4.78, 5) is 6.80. The Bertz CT molecular complexity index is 1510. The number of aryl methyl sites for hydroxylation is 1. The molecule has 198 valence electrons. The minimum absolute atomic E-state index is 0.138. The molecule has 4 aromatic heterocycles. The molecule has 1 aliphatic heterocycles. The maximum Gasteiger partial charge on any atom is 0.241 e. The first kappa shape index (κ1) is 25.4. The maximum atomic E-state index is 10.2. The number of nitrogens with zero attached hydrogens (tertiary/aromatic N) is 8. The fourth-order valence-electron chi connectivity index (χ4n) is 4.66. The summed E-state index contributed by atoms with van der Waals surface area (Å²) in [6.45, 7) is 7.91. The minimum atomic E-state index is -0.620. The van der Waals surface area contributed by atoms with Crippen LogP contribution >= 0.6 is 0 Å². The molecule has 2 bridgehead atoms. The van der Waals surface area contributed by atoms with Gasteiger partial charge in [0.1, 0.15) is 12.2 Å². The predicted octanol–water partition coefficient (Wildman–Crippen LogP) is 2.61. The number of ether oxygens (including phenoxy) is 2. The number of aliphatic hydroxyl groups is 1. The quantitative estimate of drug-likeness (QED) is 0.408. The Morgan fingerprint density at radius 1 is 1.34 bits per heavy atom. The van der Waals surface area contributed by atoms with E-state index in [1.165, 1.54) is 0 Å². The zero-order valence-corrected chi connectivity index (χ0v) is 21.9. The third-order valence-corrected chi connectivity index (χ3v) is 6.47. The maximum absolute atomic E-state index is 10.2. The first-order valence-electron chi connectivity index (χ1n) is 12.6. The highest BCUT2D eigenvalue weighted by Crippen LogP contribution is 2.33. The molecule has 1 aliphatic rings. The number of pyridine rings is 1. The van der Waals surface area contributed by atoms with Gasteiger partial charge in [0.05, 0.1) is 41.4 Å². The molecular formula is C26H31N9O3. The van der Waals surface area contributed by atoms with Crippen LogP contribution in [0.4, 0.5) is 0 Å². The molecule has 0 unspecified atom stereocenters. The molecule has 0 radical (unpaired) electrons. The fourth-order valence-corrected chi connectivity index (χ4v) is 4.66. The van der Waals surface area contributed by atoms with Crippen molar-refractivity contribution in [2.45, 2.75) is 46.1 Å². The molecule has 4 aromatic rings. The lowest BCUT2D eigenvalue weighted by atomic mass is 10.1. The third-order valence-electron chi connectivity index (χ3n) is 6.47. The molecule has 38 heavy (non-hydrogen) atoms. The van der Waals surface area contributed by atoms with Gasteiger partial charge in [-0.25, -0.2) is 9.67 Å². The Kier molecular flexibility index (Phi) is 7.13. The van der Waals surface area contributed by atoms with Crippen LogP contribution in [0.5, 0.6) is 11.8 Å². The van der Waals surface area contributed by atoms with Crippen LogP contribution in [0.25, 0.3) is 34.3 Å². The average Bonchev–Trinajstić information content (AvgIpc) is 3.55. The number of fused-ring (bicyclic) bond motifs is 4. The summed E-state index contributed by atoms with van der Waals surface area (Å²) in [6.07, 6.45) is 6.60. The van der Waals surface area contributed by atoms with Crippen molar-refractivity contribution in [3.63, 3.8) is 0 Å². The van der Waals surface area contributed by atoms with Gasteiger partial charge in [-0.3, -0.25) is 14.7 Å². The molecule has 0 spiro atoms. The number of aromatic nitrogens is 7. The van der Waals surface area contributed by atoms with Gasteiger partial charge < -0.3 is 14.6 Å². The number of aromatic amines is 1. The highest BCUT2D eigenvalue weighted by molar-refractivity contribution is 5.90. The molecule has 0 amide bonds. The summed E-state index contributed by atoms with van der Waals surface area (Å²) < 4.78 is 15.6. The first-order chi connectivity index (χ1) is 18.4. The van der Waals surface area contributed by atoms with E-state index in [4.69, 9.17) is 14.7 Å². The zero-order valence-electron chi connectivity index (χ0n) is 21.9. The number of hydrogen-bond donors (Lipinski definition) is 2. The summed E-state index contributed by atoms with van der Waals surface area (Å²) in [5, 5.41) is 36.6. The summed E-state index contributed by atoms with van der Waals surface area (Å²) in [5.74, 6) is 1.00. The summed E-state index contributed by atoms with van der Waals surface area (Å²) >= 11 is 0. The second kappa shape index (κ2) is 10.6. The second-order valence-corrected chi connectivity index (χ2v) is 9.45. The van der Waals surface area contributed by atoms with Gasteiger partial charge in [-0.15, -0.1) is 5.10 Å². The van der Waals surface area contributed by atoms with Crippen LogP contribution in [0.1, 0.15) is 37.7 Å². The van der Waals surface area contributed by atoms with Crippen LogP contribution in [-0.2, 0) is 20.1 Å². The monoisotopic (exact) mass is 517 g/mol. The molecule has 0 fully saturated rings. The lowest BCUT2D eigenvalue weighted by Crippen LogP contribution is -2.35. The van der Waals surface area contributed by atoms with Gasteiger partial charge in [0.15, 0.2) is 12.3 Å². The van der Waals surface area contributed by atoms with Crippen molar-refractivity contribution in [3.8, 4) is 29.0 Å². The van der Waals surface area contributed by atoms with Crippen molar-refractivity contribution in [3.05, 3.63) is 35.4 Å².